The van der Waals surface area contributed by atoms with Gasteiger partial charge in [-0.05, 0) is 5.56 Å². The van der Waals surface area contributed by atoms with Gasteiger partial charge in [0, 0.05) is 0 Å². The number of rotatable bonds is 8. The minimum absolute atomic E-state index is 0.0769. The van der Waals surface area contributed by atoms with Crippen molar-refractivity contribution in [3.8, 4) is 0 Å². The maximum atomic E-state index is 10.3. The van der Waals surface area contributed by atoms with Crippen molar-refractivity contribution in [2.75, 3.05) is 19.8 Å². The lowest BCUT2D eigenvalue weighted by molar-refractivity contribution is -0.304. The Labute approximate surface area is 173 Å². The second-order valence-electron chi connectivity index (χ2n) is 7.20. The molecule has 10 nitrogen and oxygen atoms in total. The van der Waals surface area contributed by atoms with Crippen LogP contribution in [0.5, 0.6) is 0 Å². The van der Waals surface area contributed by atoms with Gasteiger partial charge in [-0.3, -0.25) is 0 Å². The molecule has 2 aliphatic rings. The predicted octanol–water partition coefficient (Wildman–Crippen LogP) is -2.02. The molecule has 1 aromatic rings. The molecule has 30 heavy (non-hydrogen) atoms. The zero-order valence-electron chi connectivity index (χ0n) is 16.2. The van der Waals surface area contributed by atoms with Crippen LogP contribution in [0.3, 0.4) is 0 Å². The van der Waals surface area contributed by atoms with Gasteiger partial charge in [-0.25, -0.2) is 0 Å². The Bertz CT molecular complexity index is 671. The van der Waals surface area contributed by atoms with Crippen molar-refractivity contribution in [3.63, 3.8) is 0 Å². The lowest BCUT2D eigenvalue weighted by atomic mass is 9.99. The van der Waals surface area contributed by atoms with E-state index in [-0.39, 0.29) is 13.2 Å². The number of aliphatic hydroxyl groups is 6. The molecule has 3 rings (SSSR count). The topological polar surface area (TPSA) is 158 Å². The summed E-state index contributed by atoms with van der Waals surface area (Å²) in [5, 5.41) is 59.4. The van der Waals surface area contributed by atoms with Gasteiger partial charge < -0.3 is 49.6 Å². The predicted molar refractivity (Wildman–Crippen MR) is 102 cm³/mol. The normalized spacial score (nSPS) is 39.6. The van der Waals surface area contributed by atoms with Crippen LogP contribution in [0, 0.1) is 0 Å². The zero-order chi connectivity index (χ0) is 21.7. The first-order chi connectivity index (χ1) is 14.4. The number of aliphatic hydroxyl groups excluding tert-OH is 6. The summed E-state index contributed by atoms with van der Waals surface area (Å²) in [6.45, 7) is -0.772. The Balaban J connectivity index is 1.48. The maximum Gasteiger partial charge on any atom is 0.186 e. The number of hydrogen-bond acceptors (Lipinski definition) is 10. The van der Waals surface area contributed by atoms with E-state index < -0.39 is 61.9 Å². The lowest BCUT2D eigenvalue weighted by Gasteiger charge is -2.40. The van der Waals surface area contributed by atoms with Gasteiger partial charge in [-0.2, -0.15) is 0 Å². The van der Waals surface area contributed by atoms with Crippen LogP contribution in [0.2, 0.25) is 0 Å². The van der Waals surface area contributed by atoms with Crippen LogP contribution >= 0.6 is 0 Å². The molecule has 0 bridgehead atoms. The molecule has 0 aromatic heterocycles. The minimum atomic E-state index is -1.52. The first kappa shape index (κ1) is 23.2. The summed E-state index contributed by atoms with van der Waals surface area (Å²) in [5.74, 6) is 0. The van der Waals surface area contributed by atoms with E-state index in [1.54, 1.807) is 6.08 Å². The third-order valence-electron chi connectivity index (χ3n) is 5.08. The van der Waals surface area contributed by atoms with Crippen LogP contribution in [0.4, 0.5) is 0 Å². The molecule has 0 amide bonds. The Morgan fingerprint density at radius 3 is 2.20 bits per heavy atom. The number of ether oxygens (including phenoxy) is 4. The molecule has 0 spiro atoms. The standard InChI is InChI=1S/C20H28O10/c21-9-12-14(22)17(25)20(30-12)28-10-13-15(23)16(24)18(19(26)29-13)27-8-4-7-11-5-2-1-3-6-11/h1-7,12-26H,8-10H2/b7-4+/t12-,13+,14-,15+,16-,17+,18+,19+,20+/m0/s1. The zero-order valence-corrected chi connectivity index (χ0v) is 16.2. The summed E-state index contributed by atoms with van der Waals surface area (Å²) < 4.78 is 21.2. The Hall–Kier alpha value is -1.44. The highest BCUT2D eigenvalue weighted by atomic mass is 16.7. The monoisotopic (exact) mass is 428 g/mol. The fourth-order valence-electron chi connectivity index (χ4n) is 3.35. The summed E-state index contributed by atoms with van der Waals surface area (Å²) in [6.07, 6.45) is -8.16. The van der Waals surface area contributed by atoms with Crippen molar-refractivity contribution in [2.45, 2.75) is 55.3 Å². The smallest absolute Gasteiger partial charge is 0.186 e. The average Bonchev–Trinajstić information content (AvgIpc) is 3.03. The Morgan fingerprint density at radius 1 is 0.833 bits per heavy atom. The third kappa shape index (κ3) is 5.42. The van der Waals surface area contributed by atoms with Gasteiger partial charge in [0.05, 0.1) is 19.8 Å². The van der Waals surface area contributed by atoms with Crippen LogP contribution in [0.1, 0.15) is 5.56 Å². The van der Waals surface area contributed by atoms with E-state index >= 15 is 0 Å². The fourth-order valence-corrected chi connectivity index (χ4v) is 3.35. The van der Waals surface area contributed by atoms with Crippen molar-refractivity contribution in [1.29, 1.82) is 0 Å². The molecule has 2 heterocycles. The van der Waals surface area contributed by atoms with Crippen molar-refractivity contribution < 1.29 is 49.6 Å². The second kappa shape index (κ2) is 10.7. The summed E-state index contributed by atoms with van der Waals surface area (Å²) in [5.41, 5.74) is 0.962. The largest absolute Gasteiger partial charge is 0.394 e. The molecule has 0 saturated carbocycles. The molecule has 10 heteroatoms. The van der Waals surface area contributed by atoms with Crippen LogP contribution < -0.4 is 0 Å². The summed E-state index contributed by atoms with van der Waals surface area (Å²) in [7, 11) is 0. The minimum Gasteiger partial charge on any atom is -0.394 e. The summed E-state index contributed by atoms with van der Waals surface area (Å²) in [4.78, 5) is 0. The number of benzene rings is 1. The Kier molecular flexibility index (Phi) is 8.31. The first-order valence-electron chi connectivity index (χ1n) is 9.69. The molecule has 0 aliphatic carbocycles. The van der Waals surface area contributed by atoms with Crippen LogP contribution in [-0.2, 0) is 18.9 Å². The van der Waals surface area contributed by atoms with E-state index in [1.807, 2.05) is 36.4 Å². The molecular weight excluding hydrogens is 400 g/mol. The summed E-state index contributed by atoms with van der Waals surface area (Å²) in [6, 6.07) is 9.49. The van der Waals surface area contributed by atoms with Gasteiger partial charge in [0.15, 0.2) is 12.6 Å². The average molecular weight is 428 g/mol. The van der Waals surface area contributed by atoms with E-state index in [1.165, 1.54) is 0 Å². The molecule has 0 unspecified atom stereocenters. The highest BCUT2D eigenvalue weighted by molar-refractivity contribution is 5.48. The molecule has 168 valence electrons. The highest BCUT2D eigenvalue weighted by Gasteiger charge is 2.47. The van der Waals surface area contributed by atoms with Crippen molar-refractivity contribution >= 4 is 6.08 Å². The van der Waals surface area contributed by atoms with E-state index in [4.69, 9.17) is 24.1 Å². The molecule has 1 aromatic carbocycles. The van der Waals surface area contributed by atoms with Gasteiger partial charge >= 0.3 is 0 Å². The van der Waals surface area contributed by atoms with Gasteiger partial charge in [0.2, 0.25) is 0 Å². The first-order valence-corrected chi connectivity index (χ1v) is 9.69. The molecule has 0 radical (unpaired) electrons. The summed E-state index contributed by atoms with van der Waals surface area (Å²) >= 11 is 0. The molecule has 9 atom stereocenters. The van der Waals surface area contributed by atoms with Crippen molar-refractivity contribution in [2.24, 2.45) is 0 Å². The van der Waals surface area contributed by atoms with Gasteiger partial charge in [0.1, 0.15) is 42.7 Å². The van der Waals surface area contributed by atoms with Crippen LogP contribution in [0.25, 0.3) is 6.08 Å². The second-order valence-corrected chi connectivity index (χ2v) is 7.20. The molecule has 2 fully saturated rings. The highest BCUT2D eigenvalue weighted by Crippen LogP contribution is 2.26. The van der Waals surface area contributed by atoms with E-state index in [0.29, 0.717) is 0 Å². The van der Waals surface area contributed by atoms with Crippen LogP contribution in [-0.4, -0.2) is 106 Å². The fraction of sp³-hybridized carbons (Fsp3) is 0.600. The van der Waals surface area contributed by atoms with E-state index in [9.17, 15) is 25.5 Å². The maximum absolute atomic E-state index is 10.3. The lowest BCUT2D eigenvalue weighted by Crippen LogP contribution is -2.59. The number of hydrogen-bond donors (Lipinski definition) is 6. The van der Waals surface area contributed by atoms with Crippen molar-refractivity contribution in [1.82, 2.24) is 0 Å². The van der Waals surface area contributed by atoms with E-state index in [2.05, 4.69) is 0 Å². The molecule has 2 saturated heterocycles. The molecule has 2 aliphatic heterocycles. The molecular formula is C20H28O10. The van der Waals surface area contributed by atoms with E-state index in [0.717, 1.165) is 5.56 Å². The SMILES string of the molecule is OC[C@@H]1O[C@@H](OC[C@H]2O[C@@H](O)[C@H](OC/C=C/c3ccccc3)[C@@H](O)[C@@H]2O)[C@H](O)[C@H]1O. The van der Waals surface area contributed by atoms with Gasteiger partial charge in [-0.1, -0.05) is 42.5 Å². The third-order valence-corrected chi connectivity index (χ3v) is 5.08. The Morgan fingerprint density at radius 2 is 1.53 bits per heavy atom. The quantitative estimate of drug-likeness (QED) is 0.273. The van der Waals surface area contributed by atoms with Crippen LogP contribution in [0.15, 0.2) is 36.4 Å². The van der Waals surface area contributed by atoms with Gasteiger partial charge in [-0.15, -0.1) is 0 Å². The van der Waals surface area contributed by atoms with Gasteiger partial charge in [0.25, 0.3) is 0 Å². The van der Waals surface area contributed by atoms with Crippen molar-refractivity contribution in [3.05, 3.63) is 42.0 Å². The molecule has 6 N–H and O–H groups in total.